The second-order valence-corrected chi connectivity index (χ2v) is 15.6. The highest BCUT2D eigenvalue weighted by molar-refractivity contribution is 6.21. The van der Waals surface area contributed by atoms with Crippen molar-refractivity contribution in [2.75, 3.05) is 6.61 Å². The number of para-hydroxylation sites is 1. The molecular formula is C50H50F4N2O2. The molecule has 2 unspecified atom stereocenters. The molecule has 4 nitrogen and oxygen atoms in total. The van der Waals surface area contributed by atoms with Crippen molar-refractivity contribution >= 4 is 38.3 Å². The summed E-state index contributed by atoms with van der Waals surface area (Å²) in [5.74, 6) is -4.10. The molecular weight excluding hydrogens is 737 g/mol. The van der Waals surface area contributed by atoms with Crippen molar-refractivity contribution < 1.29 is 27.5 Å². The Morgan fingerprint density at radius 2 is 1.45 bits per heavy atom. The number of alkyl halides is 4. The van der Waals surface area contributed by atoms with Crippen LogP contribution < -0.4 is 4.74 Å². The van der Waals surface area contributed by atoms with Crippen LogP contribution in [0.25, 0.3) is 32.6 Å². The number of unbranched alkanes of at least 4 members (excludes halogenated alkanes) is 1. The smallest absolute Gasteiger partial charge is 0.340 e. The minimum absolute atomic E-state index is 0.0715. The molecule has 0 spiro atoms. The van der Waals surface area contributed by atoms with E-state index in [-0.39, 0.29) is 22.9 Å². The van der Waals surface area contributed by atoms with Gasteiger partial charge < -0.3 is 14.5 Å². The van der Waals surface area contributed by atoms with Crippen LogP contribution in [0.5, 0.6) is 5.75 Å². The first kappa shape index (κ1) is 40.6. The minimum atomic E-state index is -4.36. The van der Waals surface area contributed by atoms with Gasteiger partial charge in [-0.2, -0.15) is 8.78 Å². The summed E-state index contributed by atoms with van der Waals surface area (Å²) in [4.78, 5) is 0. The summed E-state index contributed by atoms with van der Waals surface area (Å²) < 4.78 is 61.9. The largest absolute Gasteiger partial charge is 0.486 e. The number of fused-ring (bicyclic) bond motifs is 5. The number of aryl methyl sites for hydroxylation is 3. The first-order valence-corrected chi connectivity index (χ1v) is 20.2. The van der Waals surface area contributed by atoms with Crippen molar-refractivity contribution in [1.82, 2.24) is 4.57 Å². The number of hydrogen-bond donors (Lipinski definition) is 1. The van der Waals surface area contributed by atoms with Crippen molar-refractivity contribution in [2.24, 2.45) is 11.1 Å². The summed E-state index contributed by atoms with van der Waals surface area (Å²) in [5, 5.41) is 18.5. The lowest BCUT2D eigenvalue weighted by Gasteiger charge is -2.26. The molecule has 300 valence electrons. The molecule has 1 N–H and O–H groups in total. The maximum Gasteiger partial charge on any atom is 0.340 e. The highest BCUT2D eigenvalue weighted by Gasteiger charge is 2.42. The lowest BCUT2D eigenvalue weighted by atomic mass is 9.78. The lowest BCUT2D eigenvalue weighted by Crippen LogP contribution is -2.34. The van der Waals surface area contributed by atoms with E-state index in [4.69, 9.17) is 4.74 Å². The van der Waals surface area contributed by atoms with E-state index in [0.29, 0.717) is 11.5 Å². The molecule has 7 rings (SSSR count). The third kappa shape index (κ3) is 7.81. The number of aromatic nitrogens is 1. The molecule has 0 saturated carbocycles. The molecule has 0 aliphatic rings. The van der Waals surface area contributed by atoms with E-state index in [9.17, 15) is 22.8 Å². The quantitative estimate of drug-likeness (QED) is 0.0370. The molecule has 58 heavy (non-hydrogen) atoms. The first-order chi connectivity index (χ1) is 28.0. The topological polar surface area (TPSA) is 46.8 Å². The highest BCUT2D eigenvalue weighted by Crippen LogP contribution is 2.45. The van der Waals surface area contributed by atoms with Crippen molar-refractivity contribution in [3.63, 3.8) is 0 Å². The Hall–Kier alpha value is -5.63. The van der Waals surface area contributed by atoms with E-state index in [1.165, 1.54) is 44.8 Å². The molecule has 0 fully saturated rings. The summed E-state index contributed by atoms with van der Waals surface area (Å²) >= 11 is 0. The molecule has 1 aromatic heterocycles. The van der Waals surface area contributed by atoms with Crippen LogP contribution in [0.1, 0.15) is 90.0 Å². The van der Waals surface area contributed by atoms with E-state index in [1.807, 2.05) is 24.3 Å². The predicted molar refractivity (Wildman–Crippen MR) is 229 cm³/mol. The van der Waals surface area contributed by atoms with Gasteiger partial charge in [-0.05, 0) is 96.6 Å². The summed E-state index contributed by atoms with van der Waals surface area (Å²) in [6.07, 6.45) is 0.500. The van der Waals surface area contributed by atoms with E-state index >= 15 is 0 Å². The highest BCUT2D eigenvalue weighted by atomic mass is 19.3. The number of halogens is 4. The molecule has 7 aromatic rings. The third-order valence-electron chi connectivity index (χ3n) is 11.6. The second kappa shape index (κ2) is 17.1. The van der Waals surface area contributed by atoms with Crippen LogP contribution in [-0.4, -0.2) is 34.4 Å². The van der Waals surface area contributed by atoms with Crippen LogP contribution in [0.15, 0.2) is 120 Å². The standard InChI is InChI=1S/C50H50F4N2O2/c1-6-8-16-34(7-2)29-56-43-24-23-36(47(55-57)39-21-14-15-22-44(39)58-30-50(53,54)49(51)52)27-40(43)42-28-41(37-19-12-13-20-38(37)48(42)56)46(35-17-10-9-11-18-35)45-32(4)25-31(3)26-33(45)5/h9-15,17-28,34,46,49,57H,6-8,16,29-30H2,1-5H3. The maximum atomic E-state index is 14.0. The predicted octanol–water partition coefficient (Wildman–Crippen LogP) is 13.8. The summed E-state index contributed by atoms with van der Waals surface area (Å²) in [6, 6.07) is 38.2. The fraction of sp³-hybridized carbons (Fsp3) is 0.300. The normalized spacial score (nSPS) is 13.5. The van der Waals surface area contributed by atoms with Crippen LogP contribution in [-0.2, 0) is 6.54 Å². The minimum Gasteiger partial charge on any atom is -0.486 e. The molecule has 8 heteroatoms. The van der Waals surface area contributed by atoms with E-state index < -0.39 is 19.0 Å². The van der Waals surface area contributed by atoms with Crippen LogP contribution in [0.2, 0.25) is 0 Å². The number of benzene rings is 6. The number of oxime groups is 1. The van der Waals surface area contributed by atoms with Crippen LogP contribution in [0.3, 0.4) is 0 Å². The van der Waals surface area contributed by atoms with E-state index in [2.05, 4.69) is 111 Å². The Morgan fingerprint density at radius 1 is 0.776 bits per heavy atom. The van der Waals surface area contributed by atoms with Crippen molar-refractivity contribution in [3.8, 4) is 5.75 Å². The van der Waals surface area contributed by atoms with Gasteiger partial charge in [0.1, 0.15) is 11.5 Å². The molecule has 0 radical (unpaired) electrons. The molecule has 0 aliphatic carbocycles. The molecule has 6 aromatic carbocycles. The van der Waals surface area contributed by atoms with Crippen molar-refractivity contribution in [3.05, 3.63) is 160 Å². The van der Waals surface area contributed by atoms with Gasteiger partial charge in [-0.25, -0.2) is 8.78 Å². The Kier molecular flexibility index (Phi) is 11.9. The van der Waals surface area contributed by atoms with Gasteiger partial charge in [0.2, 0.25) is 0 Å². The second-order valence-electron chi connectivity index (χ2n) is 15.6. The Morgan fingerprint density at radius 3 is 2.12 bits per heavy atom. The number of nitrogens with zero attached hydrogens (tertiary/aromatic N) is 2. The summed E-state index contributed by atoms with van der Waals surface area (Å²) in [6.45, 7) is 10.3. The van der Waals surface area contributed by atoms with Crippen LogP contribution in [0, 0.1) is 26.7 Å². The first-order valence-electron chi connectivity index (χ1n) is 20.2. The Balaban J connectivity index is 1.51. The average molecular weight is 787 g/mol. The maximum absolute atomic E-state index is 14.0. The fourth-order valence-electron chi connectivity index (χ4n) is 8.83. The number of ether oxygens (including phenoxy) is 1. The van der Waals surface area contributed by atoms with Gasteiger partial charge in [0, 0.05) is 45.3 Å². The Bertz CT molecular complexity index is 2570. The van der Waals surface area contributed by atoms with Crippen molar-refractivity contribution in [1.29, 1.82) is 0 Å². The Labute approximate surface area is 337 Å². The third-order valence-corrected chi connectivity index (χ3v) is 11.6. The van der Waals surface area contributed by atoms with Gasteiger partial charge in [0.15, 0.2) is 6.61 Å². The van der Waals surface area contributed by atoms with E-state index in [0.717, 1.165) is 59.4 Å². The summed E-state index contributed by atoms with van der Waals surface area (Å²) in [5.41, 5.74) is 10.2. The molecule has 2 atom stereocenters. The SMILES string of the molecule is CCCCC(CC)Cn1c2ccc(C(=NO)c3ccccc3OCC(F)(F)C(F)F)cc2c2cc(C(c3ccccc3)c3c(C)cc(C)cc3C)c3ccccc3c21. The van der Waals surface area contributed by atoms with E-state index in [1.54, 1.807) is 18.2 Å². The monoisotopic (exact) mass is 786 g/mol. The molecule has 0 amide bonds. The molecule has 1 heterocycles. The number of rotatable bonds is 15. The van der Waals surface area contributed by atoms with Gasteiger partial charge >= 0.3 is 12.3 Å². The fourth-order valence-corrected chi connectivity index (χ4v) is 8.83. The van der Waals surface area contributed by atoms with Gasteiger partial charge in [0.05, 0.1) is 5.52 Å². The summed E-state index contributed by atoms with van der Waals surface area (Å²) in [7, 11) is 0. The zero-order valence-corrected chi connectivity index (χ0v) is 33.7. The van der Waals surface area contributed by atoms with Crippen LogP contribution >= 0.6 is 0 Å². The van der Waals surface area contributed by atoms with Crippen molar-refractivity contribution in [2.45, 2.75) is 85.1 Å². The molecule has 0 saturated heterocycles. The molecule has 0 bridgehead atoms. The van der Waals surface area contributed by atoms with Gasteiger partial charge in [0.25, 0.3) is 0 Å². The van der Waals surface area contributed by atoms with Gasteiger partial charge in [-0.3, -0.25) is 0 Å². The average Bonchev–Trinajstić information content (AvgIpc) is 3.52. The van der Waals surface area contributed by atoms with Gasteiger partial charge in [-0.1, -0.05) is 129 Å². The lowest BCUT2D eigenvalue weighted by molar-refractivity contribution is -0.148. The number of hydrogen-bond acceptors (Lipinski definition) is 3. The zero-order chi connectivity index (χ0) is 41.1. The molecule has 0 aliphatic heterocycles. The van der Waals surface area contributed by atoms with Gasteiger partial charge in [-0.15, -0.1) is 0 Å². The zero-order valence-electron chi connectivity index (χ0n) is 33.7. The van der Waals surface area contributed by atoms with Crippen LogP contribution in [0.4, 0.5) is 17.6 Å².